The first-order valence-electron chi connectivity index (χ1n) is 7.93. The quantitative estimate of drug-likeness (QED) is 0.799. The standard InChI is InChI=1S/C19H19NO5/c1-20(2)18(21)17(13-6-4-3-5-7-13)25-19(22)14-8-9-15-16(12-14)24-11-10-23-15/h3-9,12,17H,10-11H2,1-2H3/t17-/m0/s1. The number of amides is 1. The highest BCUT2D eigenvalue weighted by molar-refractivity contribution is 5.93. The maximum absolute atomic E-state index is 12.6. The SMILES string of the molecule is CN(C)C(=O)[C@@H](OC(=O)c1ccc2c(c1)OCCO2)c1ccccc1. The van der Waals surface area contributed by atoms with Crippen LogP contribution in [0.1, 0.15) is 22.0 Å². The zero-order chi connectivity index (χ0) is 17.8. The molecule has 0 saturated carbocycles. The molecule has 1 atom stereocenters. The van der Waals surface area contributed by atoms with Gasteiger partial charge in [-0.15, -0.1) is 0 Å². The van der Waals surface area contributed by atoms with E-state index in [4.69, 9.17) is 14.2 Å². The summed E-state index contributed by atoms with van der Waals surface area (Å²) in [7, 11) is 3.24. The molecule has 1 heterocycles. The summed E-state index contributed by atoms with van der Waals surface area (Å²) in [5, 5.41) is 0. The van der Waals surface area contributed by atoms with E-state index in [0.29, 0.717) is 35.8 Å². The fourth-order valence-corrected chi connectivity index (χ4v) is 2.47. The third kappa shape index (κ3) is 3.74. The molecule has 2 aromatic rings. The van der Waals surface area contributed by atoms with Crippen molar-refractivity contribution < 1.29 is 23.8 Å². The second kappa shape index (κ2) is 7.25. The number of fused-ring (bicyclic) bond motifs is 1. The Hall–Kier alpha value is -3.02. The van der Waals surface area contributed by atoms with E-state index in [9.17, 15) is 9.59 Å². The first-order valence-corrected chi connectivity index (χ1v) is 7.93. The molecule has 6 nitrogen and oxygen atoms in total. The highest BCUT2D eigenvalue weighted by Gasteiger charge is 2.27. The summed E-state index contributed by atoms with van der Waals surface area (Å²) in [4.78, 5) is 26.4. The van der Waals surface area contributed by atoms with Crippen LogP contribution in [0.4, 0.5) is 0 Å². The molecule has 0 aromatic heterocycles. The van der Waals surface area contributed by atoms with E-state index >= 15 is 0 Å². The minimum atomic E-state index is -1.00. The van der Waals surface area contributed by atoms with Crippen LogP contribution < -0.4 is 9.47 Å². The largest absolute Gasteiger partial charge is 0.486 e. The molecule has 1 aliphatic heterocycles. The fraction of sp³-hybridized carbons (Fsp3) is 0.263. The topological polar surface area (TPSA) is 65.1 Å². The van der Waals surface area contributed by atoms with Gasteiger partial charge in [0.05, 0.1) is 5.56 Å². The number of benzene rings is 2. The van der Waals surface area contributed by atoms with Crippen LogP contribution in [0.25, 0.3) is 0 Å². The molecule has 0 fully saturated rings. The van der Waals surface area contributed by atoms with Gasteiger partial charge in [-0.3, -0.25) is 4.79 Å². The molecule has 0 bridgehead atoms. The number of hydrogen-bond acceptors (Lipinski definition) is 5. The van der Waals surface area contributed by atoms with Crippen LogP contribution in [0.5, 0.6) is 11.5 Å². The molecule has 0 radical (unpaired) electrons. The lowest BCUT2D eigenvalue weighted by Gasteiger charge is -2.22. The Bertz CT molecular complexity index is 773. The van der Waals surface area contributed by atoms with E-state index in [1.807, 2.05) is 6.07 Å². The van der Waals surface area contributed by atoms with E-state index < -0.39 is 12.1 Å². The summed E-state index contributed by atoms with van der Waals surface area (Å²) < 4.78 is 16.4. The molecular formula is C19H19NO5. The number of hydrogen-bond donors (Lipinski definition) is 0. The van der Waals surface area contributed by atoms with Crippen molar-refractivity contribution in [2.45, 2.75) is 6.10 Å². The highest BCUT2D eigenvalue weighted by atomic mass is 16.6. The van der Waals surface area contributed by atoms with Gasteiger partial charge in [-0.1, -0.05) is 30.3 Å². The summed E-state index contributed by atoms with van der Waals surface area (Å²) in [5.74, 6) is 0.181. The Labute approximate surface area is 145 Å². The lowest BCUT2D eigenvalue weighted by molar-refractivity contribution is -0.138. The molecule has 130 valence electrons. The number of esters is 1. The number of carbonyl (C=O) groups excluding carboxylic acids is 2. The Balaban J connectivity index is 1.84. The summed E-state index contributed by atoms with van der Waals surface area (Å²) in [5.41, 5.74) is 0.920. The minimum Gasteiger partial charge on any atom is -0.486 e. The molecule has 0 N–H and O–H groups in total. The number of nitrogens with zero attached hydrogens (tertiary/aromatic N) is 1. The van der Waals surface area contributed by atoms with E-state index in [-0.39, 0.29) is 5.91 Å². The zero-order valence-electron chi connectivity index (χ0n) is 14.1. The van der Waals surface area contributed by atoms with Crippen LogP contribution in [0, 0.1) is 0 Å². The minimum absolute atomic E-state index is 0.303. The van der Waals surface area contributed by atoms with Gasteiger partial charge in [-0.05, 0) is 18.2 Å². The van der Waals surface area contributed by atoms with Crippen molar-refractivity contribution in [2.24, 2.45) is 0 Å². The van der Waals surface area contributed by atoms with Gasteiger partial charge >= 0.3 is 5.97 Å². The van der Waals surface area contributed by atoms with Crippen LogP contribution in [-0.4, -0.2) is 44.1 Å². The average Bonchev–Trinajstić information content (AvgIpc) is 2.65. The molecule has 0 spiro atoms. The lowest BCUT2D eigenvalue weighted by Crippen LogP contribution is -2.31. The smallest absolute Gasteiger partial charge is 0.339 e. The summed E-state index contributed by atoms with van der Waals surface area (Å²) in [6.07, 6.45) is -1.00. The maximum atomic E-state index is 12.6. The van der Waals surface area contributed by atoms with Gasteiger partial charge in [0.1, 0.15) is 13.2 Å². The number of ether oxygens (including phenoxy) is 3. The van der Waals surface area contributed by atoms with E-state index in [0.717, 1.165) is 0 Å². The van der Waals surface area contributed by atoms with E-state index in [1.165, 1.54) is 4.90 Å². The van der Waals surface area contributed by atoms with Gasteiger partial charge in [0.15, 0.2) is 11.5 Å². The second-order valence-corrected chi connectivity index (χ2v) is 5.79. The average molecular weight is 341 g/mol. The van der Waals surface area contributed by atoms with Gasteiger partial charge in [-0.2, -0.15) is 0 Å². The van der Waals surface area contributed by atoms with Gasteiger partial charge in [-0.25, -0.2) is 4.79 Å². The van der Waals surface area contributed by atoms with E-state index in [2.05, 4.69) is 0 Å². The van der Waals surface area contributed by atoms with Crippen LogP contribution in [0.3, 0.4) is 0 Å². The fourth-order valence-electron chi connectivity index (χ4n) is 2.47. The molecule has 6 heteroatoms. The Morgan fingerprint density at radius 2 is 1.68 bits per heavy atom. The van der Waals surface area contributed by atoms with Crippen molar-refractivity contribution in [3.05, 3.63) is 59.7 Å². The van der Waals surface area contributed by atoms with Crippen molar-refractivity contribution in [2.75, 3.05) is 27.3 Å². The third-order valence-corrected chi connectivity index (χ3v) is 3.77. The van der Waals surface area contributed by atoms with Gasteiger partial charge in [0.2, 0.25) is 6.10 Å². The monoisotopic (exact) mass is 341 g/mol. The molecule has 1 aliphatic rings. The first-order chi connectivity index (χ1) is 12.1. The molecule has 3 rings (SSSR count). The Kier molecular flexibility index (Phi) is 4.88. The highest BCUT2D eigenvalue weighted by Crippen LogP contribution is 2.31. The van der Waals surface area contributed by atoms with Gasteiger partial charge < -0.3 is 19.1 Å². The van der Waals surface area contributed by atoms with Crippen molar-refractivity contribution in [3.8, 4) is 11.5 Å². The molecule has 0 unspecified atom stereocenters. The zero-order valence-corrected chi connectivity index (χ0v) is 14.1. The number of carbonyl (C=O) groups is 2. The second-order valence-electron chi connectivity index (χ2n) is 5.79. The molecule has 0 aliphatic carbocycles. The predicted octanol–water partition coefficient (Wildman–Crippen LogP) is 2.44. The predicted molar refractivity (Wildman–Crippen MR) is 90.7 cm³/mol. The van der Waals surface area contributed by atoms with Gasteiger partial charge in [0, 0.05) is 19.7 Å². The van der Waals surface area contributed by atoms with Crippen LogP contribution in [0.2, 0.25) is 0 Å². The van der Waals surface area contributed by atoms with Crippen molar-refractivity contribution in [3.63, 3.8) is 0 Å². The lowest BCUT2D eigenvalue weighted by atomic mass is 10.1. The summed E-state index contributed by atoms with van der Waals surface area (Å²) in [6.45, 7) is 0.904. The number of likely N-dealkylation sites (N-methyl/N-ethyl adjacent to an activating group) is 1. The third-order valence-electron chi connectivity index (χ3n) is 3.77. The molecule has 1 amide bonds. The maximum Gasteiger partial charge on any atom is 0.339 e. The van der Waals surface area contributed by atoms with E-state index in [1.54, 1.807) is 56.6 Å². The Morgan fingerprint density at radius 1 is 1.00 bits per heavy atom. The van der Waals surface area contributed by atoms with Crippen molar-refractivity contribution in [1.29, 1.82) is 0 Å². The molecule has 0 saturated heterocycles. The molecule has 2 aromatic carbocycles. The summed E-state index contributed by atoms with van der Waals surface area (Å²) in [6, 6.07) is 13.8. The number of rotatable bonds is 4. The normalized spacial score (nSPS) is 13.7. The summed E-state index contributed by atoms with van der Waals surface area (Å²) >= 11 is 0. The van der Waals surface area contributed by atoms with Crippen LogP contribution >= 0.6 is 0 Å². The van der Waals surface area contributed by atoms with Crippen LogP contribution in [0.15, 0.2) is 48.5 Å². The van der Waals surface area contributed by atoms with Gasteiger partial charge in [0.25, 0.3) is 5.91 Å². The van der Waals surface area contributed by atoms with Crippen molar-refractivity contribution >= 4 is 11.9 Å². The van der Waals surface area contributed by atoms with Crippen LogP contribution in [-0.2, 0) is 9.53 Å². The van der Waals surface area contributed by atoms with Crippen molar-refractivity contribution in [1.82, 2.24) is 4.90 Å². The molecular weight excluding hydrogens is 322 g/mol. The molecule has 25 heavy (non-hydrogen) atoms. The Morgan fingerprint density at radius 3 is 2.36 bits per heavy atom. The first kappa shape index (κ1) is 16.8.